The van der Waals surface area contributed by atoms with Gasteiger partial charge in [0.05, 0.1) is 5.69 Å². The zero-order chi connectivity index (χ0) is 11.5. The Kier molecular flexibility index (Phi) is 3.41. The highest BCUT2D eigenvalue weighted by atomic mass is 79.9. The van der Waals surface area contributed by atoms with Gasteiger partial charge in [0.1, 0.15) is 5.82 Å². The number of aryl methyl sites for hydroxylation is 1. The minimum atomic E-state index is 0.602. The number of benzene rings is 1. The van der Waals surface area contributed by atoms with Gasteiger partial charge in [-0.3, -0.25) is 0 Å². The van der Waals surface area contributed by atoms with E-state index in [4.69, 9.17) is 5.73 Å². The minimum absolute atomic E-state index is 0.602. The summed E-state index contributed by atoms with van der Waals surface area (Å²) in [6.07, 6.45) is 0. The van der Waals surface area contributed by atoms with E-state index in [1.54, 1.807) is 0 Å². The van der Waals surface area contributed by atoms with Crippen LogP contribution in [0.5, 0.6) is 0 Å². The van der Waals surface area contributed by atoms with Crippen molar-refractivity contribution in [3.8, 4) is 0 Å². The maximum Gasteiger partial charge on any atom is 0.134 e. The van der Waals surface area contributed by atoms with Crippen LogP contribution in [-0.4, -0.2) is 18.1 Å². The Labute approximate surface area is 103 Å². The number of nitrogens with one attached hydrogen (secondary N) is 1. The van der Waals surface area contributed by atoms with E-state index in [0.717, 1.165) is 27.9 Å². The highest BCUT2D eigenvalue weighted by Gasteiger charge is 2.07. The molecule has 0 aliphatic carbocycles. The fourth-order valence-electron chi connectivity index (χ4n) is 1.68. The average molecular weight is 280 g/mol. The summed E-state index contributed by atoms with van der Waals surface area (Å²) in [7, 11) is 0. The summed E-state index contributed by atoms with van der Waals surface area (Å²) < 4.78 is 1.06. The molecule has 0 amide bonds. The number of hydrogen-bond donors (Lipinski definition) is 2. The summed E-state index contributed by atoms with van der Waals surface area (Å²) in [4.78, 5) is 4.52. The van der Waals surface area contributed by atoms with E-state index >= 15 is 0 Å². The molecule has 2 rings (SSSR count). The van der Waals surface area contributed by atoms with Gasteiger partial charge >= 0.3 is 0 Å². The lowest BCUT2D eigenvalue weighted by Gasteiger charge is -2.11. The monoisotopic (exact) mass is 279 g/mol. The summed E-state index contributed by atoms with van der Waals surface area (Å²) in [5.74, 6) is 0.904. The molecule has 4 heteroatoms. The number of pyridine rings is 1. The molecule has 84 valence electrons. The van der Waals surface area contributed by atoms with Crippen molar-refractivity contribution in [3.05, 3.63) is 34.4 Å². The number of halogens is 1. The second kappa shape index (κ2) is 4.80. The molecule has 0 aliphatic rings. The summed E-state index contributed by atoms with van der Waals surface area (Å²) in [6, 6.07) is 8.19. The van der Waals surface area contributed by atoms with Crippen molar-refractivity contribution in [3.63, 3.8) is 0 Å². The molecule has 0 spiro atoms. The lowest BCUT2D eigenvalue weighted by atomic mass is 10.1. The Bertz CT molecular complexity index is 511. The number of fused-ring (bicyclic) bond motifs is 1. The van der Waals surface area contributed by atoms with E-state index < -0.39 is 0 Å². The molecule has 0 unspecified atom stereocenters. The van der Waals surface area contributed by atoms with Gasteiger partial charge in [0.25, 0.3) is 0 Å². The molecule has 0 aliphatic heterocycles. The van der Waals surface area contributed by atoms with Crippen LogP contribution < -0.4 is 11.1 Å². The maximum atomic E-state index is 5.49. The second-order valence-electron chi connectivity index (χ2n) is 3.62. The fraction of sp³-hybridized carbons (Fsp3) is 0.250. The molecule has 3 nitrogen and oxygen atoms in total. The second-order valence-corrected chi connectivity index (χ2v) is 4.41. The number of nitrogens with zero attached hydrogens (tertiary/aromatic N) is 1. The highest BCUT2D eigenvalue weighted by molar-refractivity contribution is 9.10. The van der Waals surface area contributed by atoms with Crippen LogP contribution in [0.25, 0.3) is 10.8 Å². The number of nitrogens with two attached hydrogens (primary N) is 1. The molecule has 0 radical (unpaired) electrons. The molecule has 1 aromatic carbocycles. The summed E-state index contributed by atoms with van der Waals surface area (Å²) in [5, 5.41) is 5.54. The van der Waals surface area contributed by atoms with Gasteiger partial charge in [-0.2, -0.15) is 0 Å². The van der Waals surface area contributed by atoms with Crippen LogP contribution in [0.3, 0.4) is 0 Å². The molecule has 0 bridgehead atoms. The average Bonchev–Trinajstić information content (AvgIpc) is 2.32. The minimum Gasteiger partial charge on any atom is -0.368 e. The molecule has 1 aromatic heterocycles. The highest BCUT2D eigenvalue weighted by Crippen LogP contribution is 2.30. The fourth-order valence-corrected chi connectivity index (χ4v) is 2.11. The summed E-state index contributed by atoms with van der Waals surface area (Å²) in [5.41, 5.74) is 6.47. The quantitative estimate of drug-likeness (QED) is 0.908. The lowest BCUT2D eigenvalue weighted by molar-refractivity contribution is 1.01. The van der Waals surface area contributed by atoms with Crippen molar-refractivity contribution in [2.24, 2.45) is 5.73 Å². The van der Waals surface area contributed by atoms with Gasteiger partial charge in [-0.25, -0.2) is 4.98 Å². The van der Waals surface area contributed by atoms with Gasteiger partial charge in [0, 0.05) is 28.3 Å². The third-order valence-electron chi connectivity index (χ3n) is 2.45. The third-order valence-corrected chi connectivity index (χ3v) is 3.45. The number of hydrogen-bond acceptors (Lipinski definition) is 3. The molecule has 0 saturated heterocycles. The first-order chi connectivity index (χ1) is 7.74. The third kappa shape index (κ3) is 2.03. The molecular formula is C12H14BrN3. The van der Waals surface area contributed by atoms with Gasteiger partial charge < -0.3 is 11.1 Å². The number of aromatic nitrogens is 1. The van der Waals surface area contributed by atoms with Crippen molar-refractivity contribution in [2.75, 3.05) is 18.4 Å². The predicted octanol–water partition coefficient (Wildman–Crippen LogP) is 2.68. The molecule has 16 heavy (non-hydrogen) atoms. The van der Waals surface area contributed by atoms with Gasteiger partial charge in [0.15, 0.2) is 0 Å². The van der Waals surface area contributed by atoms with Crippen molar-refractivity contribution in [1.29, 1.82) is 0 Å². The maximum absolute atomic E-state index is 5.49. The van der Waals surface area contributed by atoms with Gasteiger partial charge in [-0.15, -0.1) is 0 Å². The first-order valence-corrected chi connectivity index (χ1v) is 6.02. The van der Waals surface area contributed by atoms with Crippen LogP contribution in [-0.2, 0) is 0 Å². The molecule has 1 heterocycles. The summed E-state index contributed by atoms with van der Waals surface area (Å²) in [6.45, 7) is 3.33. The SMILES string of the molecule is Cc1nc(NCCN)c2ccccc2c1Br. The zero-order valence-corrected chi connectivity index (χ0v) is 10.7. The Morgan fingerprint density at radius 2 is 2.00 bits per heavy atom. The largest absolute Gasteiger partial charge is 0.368 e. The van der Waals surface area contributed by atoms with Crippen LogP contribution in [0.15, 0.2) is 28.7 Å². The molecule has 0 fully saturated rings. The molecule has 3 N–H and O–H groups in total. The van der Waals surface area contributed by atoms with Crippen molar-refractivity contribution in [2.45, 2.75) is 6.92 Å². The normalized spacial score (nSPS) is 10.7. The van der Waals surface area contributed by atoms with Crippen molar-refractivity contribution in [1.82, 2.24) is 4.98 Å². The van der Waals surface area contributed by atoms with Crippen LogP contribution in [0, 0.1) is 6.92 Å². The Hall–Kier alpha value is -1.13. The van der Waals surface area contributed by atoms with Crippen LogP contribution in [0.4, 0.5) is 5.82 Å². The first kappa shape index (κ1) is 11.4. The van der Waals surface area contributed by atoms with Gasteiger partial charge in [0.2, 0.25) is 0 Å². The Morgan fingerprint density at radius 1 is 1.31 bits per heavy atom. The smallest absolute Gasteiger partial charge is 0.134 e. The standard InChI is InChI=1S/C12H14BrN3/c1-8-11(13)9-4-2-3-5-10(9)12(16-8)15-7-6-14/h2-5H,6-7,14H2,1H3,(H,15,16). The molecular weight excluding hydrogens is 266 g/mol. The van der Waals surface area contributed by atoms with Crippen LogP contribution in [0.1, 0.15) is 5.69 Å². The number of anilines is 1. The van der Waals surface area contributed by atoms with Crippen molar-refractivity contribution >= 4 is 32.5 Å². The predicted molar refractivity (Wildman–Crippen MR) is 71.7 cm³/mol. The van der Waals surface area contributed by atoms with Gasteiger partial charge in [-0.05, 0) is 22.9 Å². The molecule has 2 aromatic rings. The van der Waals surface area contributed by atoms with Crippen LogP contribution in [0.2, 0.25) is 0 Å². The van der Waals surface area contributed by atoms with E-state index in [-0.39, 0.29) is 0 Å². The number of rotatable bonds is 3. The lowest BCUT2D eigenvalue weighted by Crippen LogP contribution is -2.14. The molecule has 0 saturated carbocycles. The summed E-state index contributed by atoms with van der Waals surface area (Å²) >= 11 is 3.57. The Morgan fingerprint density at radius 3 is 2.69 bits per heavy atom. The van der Waals surface area contributed by atoms with E-state index in [1.807, 2.05) is 19.1 Å². The van der Waals surface area contributed by atoms with Crippen molar-refractivity contribution < 1.29 is 0 Å². The van der Waals surface area contributed by atoms with E-state index in [0.29, 0.717) is 6.54 Å². The van der Waals surface area contributed by atoms with Gasteiger partial charge in [-0.1, -0.05) is 24.3 Å². The van der Waals surface area contributed by atoms with E-state index in [9.17, 15) is 0 Å². The Balaban J connectivity index is 2.60. The first-order valence-electron chi connectivity index (χ1n) is 5.23. The topological polar surface area (TPSA) is 50.9 Å². The van der Waals surface area contributed by atoms with E-state index in [2.05, 4.69) is 38.4 Å². The van der Waals surface area contributed by atoms with E-state index in [1.165, 1.54) is 5.39 Å². The zero-order valence-electron chi connectivity index (χ0n) is 9.13. The molecule has 0 atom stereocenters. The van der Waals surface area contributed by atoms with Crippen LogP contribution >= 0.6 is 15.9 Å².